The zero-order valence-electron chi connectivity index (χ0n) is 39.2. The van der Waals surface area contributed by atoms with Gasteiger partial charge in [0.25, 0.3) is 0 Å². The van der Waals surface area contributed by atoms with Gasteiger partial charge in [-0.25, -0.2) is 0 Å². The molecule has 0 N–H and O–H groups in total. The molecule has 0 saturated carbocycles. The summed E-state index contributed by atoms with van der Waals surface area (Å²) in [5, 5.41) is 0. The molecule has 0 bridgehead atoms. The Bertz CT molecular complexity index is 3130. The normalized spacial score (nSPS) is 15.7. The highest BCUT2D eigenvalue weighted by molar-refractivity contribution is 6.00. The smallest absolute Gasteiger partial charge is 0.0714 e. The Morgan fingerprint density at radius 2 is 0.922 bits per heavy atom. The average molecular weight is 830 g/mol. The minimum Gasteiger partial charge on any atom is -0.310 e. The zero-order chi connectivity index (χ0) is 44.6. The van der Waals surface area contributed by atoms with Gasteiger partial charge in [-0.2, -0.15) is 0 Å². The molecular formula is C63H59N. The number of hydrogen-bond acceptors (Lipinski definition) is 1. The Hall–Kier alpha value is -6.44. The third-order valence-corrected chi connectivity index (χ3v) is 15.2. The molecule has 1 nitrogen and oxygen atoms in total. The lowest BCUT2D eigenvalue weighted by Crippen LogP contribution is -2.28. The van der Waals surface area contributed by atoms with E-state index in [-0.39, 0.29) is 21.7 Å². The van der Waals surface area contributed by atoms with Crippen LogP contribution in [0.15, 0.2) is 176 Å². The maximum Gasteiger partial charge on any atom is 0.0714 e. The lowest BCUT2D eigenvalue weighted by atomic mass is 9.68. The van der Waals surface area contributed by atoms with Crippen LogP contribution in [0.1, 0.15) is 125 Å². The minimum atomic E-state index is -0.517. The third kappa shape index (κ3) is 5.55. The van der Waals surface area contributed by atoms with Crippen molar-refractivity contribution in [3.05, 3.63) is 232 Å². The van der Waals surface area contributed by atoms with Gasteiger partial charge < -0.3 is 4.90 Å². The summed E-state index contributed by atoms with van der Waals surface area (Å²) < 4.78 is 0. The van der Waals surface area contributed by atoms with Gasteiger partial charge in [-0.05, 0) is 119 Å². The van der Waals surface area contributed by atoms with Crippen LogP contribution in [0, 0.1) is 0 Å². The van der Waals surface area contributed by atoms with Crippen LogP contribution >= 0.6 is 0 Å². The van der Waals surface area contributed by atoms with Gasteiger partial charge in [-0.15, -0.1) is 0 Å². The number of nitrogens with zero attached hydrogens (tertiary/aromatic N) is 1. The fourth-order valence-electron chi connectivity index (χ4n) is 12.2. The van der Waals surface area contributed by atoms with E-state index in [9.17, 15) is 0 Å². The van der Waals surface area contributed by atoms with E-state index in [0.29, 0.717) is 0 Å². The number of fused-ring (bicyclic) bond motifs is 9. The van der Waals surface area contributed by atoms with Crippen molar-refractivity contribution >= 4 is 17.1 Å². The monoisotopic (exact) mass is 829 g/mol. The fraction of sp³-hybridized carbons (Fsp3) is 0.238. The van der Waals surface area contributed by atoms with Gasteiger partial charge in [0.2, 0.25) is 0 Å². The van der Waals surface area contributed by atoms with Crippen molar-refractivity contribution in [1.82, 2.24) is 0 Å². The van der Waals surface area contributed by atoms with E-state index in [4.69, 9.17) is 0 Å². The molecule has 0 saturated heterocycles. The maximum atomic E-state index is 2.65. The second-order valence-corrected chi connectivity index (χ2v) is 21.7. The molecule has 64 heavy (non-hydrogen) atoms. The summed E-state index contributed by atoms with van der Waals surface area (Å²) in [6.45, 7) is 24.0. The van der Waals surface area contributed by atoms with Crippen molar-refractivity contribution in [3.63, 3.8) is 0 Å². The third-order valence-electron chi connectivity index (χ3n) is 15.2. The van der Waals surface area contributed by atoms with E-state index in [0.717, 1.165) is 0 Å². The summed E-state index contributed by atoms with van der Waals surface area (Å²) >= 11 is 0. The first-order valence-corrected chi connectivity index (χ1v) is 23.3. The molecule has 0 radical (unpaired) electrons. The van der Waals surface area contributed by atoms with Gasteiger partial charge >= 0.3 is 0 Å². The van der Waals surface area contributed by atoms with Crippen LogP contribution in [0.5, 0.6) is 0 Å². The lowest BCUT2D eigenvalue weighted by molar-refractivity contribution is 0.545. The molecule has 0 spiro atoms. The average Bonchev–Trinajstić information content (AvgIpc) is 3.82. The van der Waals surface area contributed by atoms with E-state index in [1.807, 2.05) is 0 Å². The van der Waals surface area contributed by atoms with Crippen molar-refractivity contribution in [2.24, 2.45) is 0 Å². The SMILES string of the molecule is CC(C)(C)c1cc2c(c(C(C)(C)C)c1)C(C)(C)c1c-2cccc1N(c1ccc2c(c1)C(C)(C)c1ccccc1-2)c1cccc2c1-c1ccccc1C2(c1ccccc1)c1ccccc1. The molecule has 0 atom stereocenters. The Morgan fingerprint density at radius 1 is 0.375 bits per heavy atom. The van der Waals surface area contributed by atoms with Crippen molar-refractivity contribution in [1.29, 1.82) is 0 Å². The number of anilines is 3. The van der Waals surface area contributed by atoms with Crippen LogP contribution in [-0.4, -0.2) is 0 Å². The molecule has 1 heteroatoms. The summed E-state index contributed by atoms with van der Waals surface area (Å²) in [5.41, 5.74) is 24.1. The molecule has 0 aliphatic heterocycles. The maximum absolute atomic E-state index is 2.65. The zero-order valence-corrected chi connectivity index (χ0v) is 39.2. The van der Waals surface area contributed by atoms with Gasteiger partial charge in [0, 0.05) is 22.1 Å². The Balaban J connectivity index is 1.25. The molecule has 0 fully saturated rings. The number of benzene rings is 8. The molecule has 11 rings (SSSR count). The molecule has 0 unspecified atom stereocenters. The Kier molecular flexibility index (Phi) is 8.69. The predicted molar refractivity (Wildman–Crippen MR) is 271 cm³/mol. The van der Waals surface area contributed by atoms with Crippen molar-refractivity contribution in [2.45, 2.75) is 96.3 Å². The fourth-order valence-corrected chi connectivity index (χ4v) is 12.2. The van der Waals surface area contributed by atoms with Crippen LogP contribution in [0.2, 0.25) is 0 Å². The molecule has 0 amide bonds. The van der Waals surface area contributed by atoms with Gasteiger partial charge in [-0.1, -0.05) is 221 Å². The van der Waals surface area contributed by atoms with Gasteiger partial charge in [0.15, 0.2) is 0 Å². The Labute approximate surface area is 381 Å². The second-order valence-electron chi connectivity index (χ2n) is 21.7. The van der Waals surface area contributed by atoms with Gasteiger partial charge in [-0.3, -0.25) is 0 Å². The van der Waals surface area contributed by atoms with Gasteiger partial charge in [0.1, 0.15) is 0 Å². The van der Waals surface area contributed by atoms with E-state index in [1.165, 1.54) is 106 Å². The van der Waals surface area contributed by atoms with Crippen LogP contribution in [0.4, 0.5) is 17.1 Å². The van der Waals surface area contributed by atoms with Crippen LogP contribution in [0.25, 0.3) is 33.4 Å². The summed E-state index contributed by atoms with van der Waals surface area (Å²) in [4.78, 5) is 2.65. The molecular weight excluding hydrogens is 771 g/mol. The van der Waals surface area contributed by atoms with Crippen LogP contribution < -0.4 is 4.90 Å². The number of rotatable bonds is 5. The van der Waals surface area contributed by atoms with Crippen LogP contribution in [0.3, 0.4) is 0 Å². The first-order chi connectivity index (χ1) is 30.6. The summed E-state index contributed by atoms with van der Waals surface area (Å²) in [5.74, 6) is 0. The molecule has 3 aliphatic carbocycles. The first-order valence-electron chi connectivity index (χ1n) is 23.3. The molecule has 8 aromatic carbocycles. The van der Waals surface area contributed by atoms with Crippen molar-refractivity contribution in [3.8, 4) is 33.4 Å². The summed E-state index contributed by atoms with van der Waals surface area (Å²) in [7, 11) is 0. The summed E-state index contributed by atoms with van der Waals surface area (Å²) in [6.07, 6.45) is 0. The standard InChI is InChI=1S/C63H59N/c1-59(2,3)42-37-48-46-29-21-34-55(58(46)62(9,10)57(48)53(38-42)60(4,5)6)64(43-35-36-45-44-27-17-19-30-49(44)61(7,8)52(45)39-43)54-33-22-32-51-56(54)47-28-18-20-31-50(47)63(51,40-23-13-11-14-24-40)41-25-15-12-16-26-41/h11-39H,1-10H3. The second kappa shape index (κ2) is 13.8. The topological polar surface area (TPSA) is 3.24 Å². The lowest BCUT2D eigenvalue weighted by Gasteiger charge is -2.36. The minimum absolute atomic E-state index is 0.00234. The van der Waals surface area contributed by atoms with E-state index in [2.05, 4.69) is 250 Å². The van der Waals surface area contributed by atoms with Crippen LogP contribution in [-0.2, 0) is 27.1 Å². The largest absolute Gasteiger partial charge is 0.310 e. The molecule has 0 heterocycles. The predicted octanol–water partition coefficient (Wildman–Crippen LogP) is 16.7. The van der Waals surface area contributed by atoms with E-state index >= 15 is 0 Å². The Morgan fingerprint density at radius 3 is 1.58 bits per heavy atom. The van der Waals surface area contributed by atoms with Crippen molar-refractivity contribution in [2.75, 3.05) is 4.90 Å². The highest BCUT2D eigenvalue weighted by atomic mass is 15.2. The van der Waals surface area contributed by atoms with Gasteiger partial charge in [0.05, 0.1) is 16.8 Å². The quantitative estimate of drug-likeness (QED) is 0.167. The summed E-state index contributed by atoms with van der Waals surface area (Å²) in [6, 6.07) is 67.2. The van der Waals surface area contributed by atoms with E-state index < -0.39 is 5.41 Å². The highest BCUT2D eigenvalue weighted by Gasteiger charge is 2.49. The first kappa shape index (κ1) is 40.3. The van der Waals surface area contributed by atoms with E-state index in [1.54, 1.807) is 0 Å². The van der Waals surface area contributed by atoms with Crippen molar-refractivity contribution < 1.29 is 0 Å². The molecule has 3 aliphatic rings. The number of hydrogen-bond donors (Lipinski definition) is 0. The molecule has 0 aromatic heterocycles. The molecule has 8 aromatic rings. The highest BCUT2D eigenvalue weighted by Crippen LogP contribution is 2.62. The molecule has 316 valence electrons.